The van der Waals surface area contributed by atoms with Gasteiger partial charge in [-0.2, -0.15) is 0 Å². The number of amides is 1. The summed E-state index contributed by atoms with van der Waals surface area (Å²) in [6.45, 7) is 0.498. The van der Waals surface area contributed by atoms with E-state index in [0.29, 0.717) is 17.1 Å². The summed E-state index contributed by atoms with van der Waals surface area (Å²) >= 11 is 9.43. The molecule has 0 aromatic heterocycles. The van der Waals surface area contributed by atoms with Crippen molar-refractivity contribution in [3.8, 4) is 0 Å². The third-order valence-electron chi connectivity index (χ3n) is 2.70. The van der Waals surface area contributed by atoms with E-state index >= 15 is 0 Å². The van der Waals surface area contributed by atoms with Crippen LogP contribution in [0.25, 0.3) is 0 Å². The maximum absolute atomic E-state index is 11.3. The molecule has 1 amide bonds. The van der Waals surface area contributed by atoms with Gasteiger partial charge in [-0.25, -0.2) is 0 Å². The SMILES string of the molecule is NC(=O)c1ccccc1CNc1cccc(Cl)c1Br. The lowest BCUT2D eigenvalue weighted by molar-refractivity contribution is 0.0999. The second-order valence-corrected chi connectivity index (χ2v) is 5.18. The van der Waals surface area contributed by atoms with Gasteiger partial charge in [-0.3, -0.25) is 4.79 Å². The standard InChI is InChI=1S/C14H12BrClN2O/c15-13-11(16)6-3-7-12(13)18-8-9-4-1-2-5-10(9)14(17)19/h1-7,18H,8H2,(H2,17,19). The summed E-state index contributed by atoms with van der Waals surface area (Å²) in [4.78, 5) is 11.3. The van der Waals surface area contributed by atoms with Crippen molar-refractivity contribution < 1.29 is 4.79 Å². The third-order valence-corrected chi connectivity index (χ3v) is 4.10. The van der Waals surface area contributed by atoms with Crippen molar-refractivity contribution in [2.24, 2.45) is 5.73 Å². The summed E-state index contributed by atoms with van der Waals surface area (Å²) < 4.78 is 0.799. The molecule has 0 radical (unpaired) electrons. The smallest absolute Gasteiger partial charge is 0.249 e. The van der Waals surface area contributed by atoms with Gasteiger partial charge in [-0.05, 0) is 39.7 Å². The van der Waals surface area contributed by atoms with E-state index in [2.05, 4.69) is 21.2 Å². The number of nitrogens with two attached hydrogens (primary N) is 1. The Morgan fingerprint density at radius 2 is 1.95 bits per heavy atom. The predicted octanol–water partition coefficient (Wildman–Crippen LogP) is 3.81. The largest absolute Gasteiger partial charge is 0.380 e. The monoisotopic (exact) mass is 338 g/mol. The molecule has 5 heteroatoms. The fourth-order valence-corrected chi connectivity index (χ4v) is 2.32. The average molecular weight is 340 g/mol. The minimum atomic E-state index is -0.428. The maximum atomic E-state index is 11.3. The van der Waals surface area contributed by atoms with Crippen LogP contribution in [-0.4, -0.2) is 5.91 Å². The number of benzene rings is 2. The first kappa shape index (κ1) is 13.9. The first-order chi connectivity index (χ1) is 9.09. The van der Waals surface area contributed by atoms with Gasteiger partial charge in [0.15, 0.2) is 0 Å². The second-order valence-electron chi connectivity index (χ2n) is 3.98. The number of hydrogen-bond donors (Lipinski definition) is 2. The van der Waals surface area contributed by atoms with Gasteiger partial charge in [-0.1, -0.05) is 35.9 Å². The zero-order valence-electron chi connectivity index (χ0n) is 9.99. The van der Waals surface area contributed by atoms with Crippen LogP contribution in [0.4, 0.5) is 5.69 Å². The van der Waals surface area contributed by atoms with E-state index in [1.165, 1.54) is 0 Å². The van der Waals surface area contributed by atoms with Crippen LogP contribution in [-0.2, 0) is 6.54 Å². The number of primary amides is 1. The Morgan fingerprint density at radius 1 is 1.21 bits per heavy atom. The molecule has 2 rings (SSSR count). The number of hydrogen-bond acceptors (Lipinski definition) is 2. The molecule has 0 bridgehead atoms. The normalized spacial score (nSPS) is 10.2. The maximum Gasteiger partial charge on any atom is 0.249 e. The average Bonchev–Trinajstić information content (AvgIpc) is 2.40. The molecule has 0 aliphatic heterocycles. The highest BCUT2D eigenvalue weighted by molar-refractivity contribution is 9.10. The predicted molar refractivity (Wildman–Crippen MR) is 81.4 cm³/mol. The molecule has 0 fully saturated rings. The summed E-state index contributed by atoms with van der Waals surface area (Å²) in [5.41, 5.74) is 7.58. The lowest BCUT2D eigenvalue weighted by atomic mass is 10.1. The summed E-state index contributed by atoms with van der Waals surface area (Å²) in [5, 5.41) is 3.86. The van der Waals surface area contributed by atoms with Gasteiger partial charge in [0.2, 0.25) is 5.91 Å². The van der Waals surface area contributed by atoms with Crippen LogP contribution in [0.1, 0.15) is 15.9 Å². The molecular weight excluding hydrogens is 328 g/mol. The summed E-state index contributed by atoms with van der Waals surface area (Å²) in [7, 11) is 0. The van der Waals surface area contributed by atoms with Gasteiger partial charge in [0.25, 0.3) is 0 Å². The Hall–Kier alpha value is -1.52. The minimum Gasteiger partial charge on any atom is -0.380 e. The van der Waals surface area contributed by atoms with Gasteiger partial charge < -0.3 is 11.1 Å². The zero-order chi connectivity index (χ0) is 13.8. The molecule has 2 aromatic rings. The van der Waals surface area contributed by atoms with E-state index in [1.54, 1.807) is 18.2 Å². The van der Waals surface area contributed by atoms with Crippen molar-refractivity contribution in [2.75, 3.05) is 5.32 Å². The number of anilines is 1. The number of rotatable bonds is 4. The molecule has 0 spiro atoms. The van der Waals surface area contributed by atoms with Crippen LogP contribution in [0.3, 0.4) is 0 Å². The summed E-state index contributed by atoms with van der Waals surface area (Å²) in [6, 6.07) is 12.8. The number of carbonyl (C=O) groups excluding carboxylic acids is 1. The molecule has 0 saturated carbocycles. The summed E-state index contributed by atoms with van der Waals surface area (Å²) in [6.07, 6.45) is 0. The van der Waals surface area contributed by atoms with E-state index in [0.717, 1.165) is 15.7 Å². The van der Waals surface area contributed by atoms with Crippen molar-refractivity contribution in [1.82, 2.24) is 0 Å². The first-order valence-corrected chi connectivity index (χ1v) is 6.82. The van der Waals surface area contributed by atoms with E-state index in [1.807, 2.05) is 24.3 Å². The molecule has 0 saturated heterocycles. The van der Waals surface area contributed by atoms with E-state index in [4.69, 9.17) is 17.3 Å². The van der Waals surface area contributed by atoms with Gasteiger partial charge in [0.05, 0.1) is 15.2 Å². The highest BCUT2D eigenvalue weighted by atomic mass is 79.9. The lowest BCUT2D eigenvalue weighted by Crippen LogP contribution is -2.15. The third kappa shape index (κ3) is 3.28. The molecule has 3 N–H and O–H groups in total. The Kier molecular flexibility index (Phi) is 4.45. The topological polar surface area (TPSA) is 55.1 Å². The lowest BCUT2D eigenvalue weighted by Gasteiger charge is -2.11. The van der Waals surface area contributed by atoms with Crippen LogP contribution in [0, 0.1) is 0 Å². The van der Waals surface area contributed by atoms with Crippen LogP contribution in [0.2, 0.25) is 5.02 Å². The van der Waals surface area contributed by atoms with Gasteiger partial charge in [-0.15, -0.1) is 0 Å². The molecule has 0 aliphatic carbocycles. The van der Waals surface area contributed by atoms with Gasteiger partial charge in [0, 0.05) is 12.1 Å². The first-order valence-electron chi connectivity index (χ1n) is 5.65. The van der Waals surface area contributed by atoms with Crippen molar-refractivity contribution in [3.05, 3.63) is 63.1 Å². The highest BCUT2D eigenvalue weighted by Crippen LogP contribution is 2.30. The van der Waals surface area contributed by atoms with Crippen molar-refractivity contribution >= 4 is 39.1 Å². The Bertz CT molecular complexity index is 616. The Labute approximate surface area is 124 Å². The highest BCUT2D eigenvalue weighted by Gasteiger charge is 2.08. The second kappa shape index (κ2) is 6.08. The van der Waals surface area contributed by atoms with Gasteiger partial charge in [0.1, 0.15) is 0 Å². The van der Waals surface area contributed by atoms with E-state index in [-0.39, 0.29) is 0 Å². The quantitative estimate of drug-likeness (QED) is 0.890. The van der Waals surface area contributed by atoms with E-state index in [9.17, 15) is 4.79 Å². The molecule has 0 heterocycles. The van der Waals surface area contributed by atoms with Crippen LogP contribution in [0.15, 0.2) is 46.9 Å². The van der Waals surface area contributed by atoms with Crippen LogP contribution in [0.5, 0.6) is 0 Å². The molecule has 0 atom stereocenters. The Balaban J connectivity index is 2.19. The van der Waals surface area contributed by atoms with Gasteiger partial charge >= 0.3 is 0 Å². The minimum absolute atomic E-state index is 0.428. The number of halogens is 2. The van der Waals surface area contributed by atoms with Crippen molar-refractivity contribution in [2.45, 2.75) is 6.54 Å². The molecule has 0 unspecified atom stereocenters. The molecule has 3 nitrogen and oxygen atoms in total. The van der Waals surface area contributed by atoms with Crippen LogP contribution < -0.4 is 11.1 Å². The van der Waals surface area contributed by atoms with Crippen LogP contribution >= 0.6 is 27.5 Å². The molecule has 98 valence electrons. The summed E-state index contributed by atoms with van der Waals surface area (Å²) in [5.74, 6) is -0.428. The number of carbonyl (C=O) groups is 1. The zero-order valence-corrected chi connectivity index (χ0v) is 12.3. The van der Waals surface area contributed by atoms with E-state index < -0.39 is 5.91 Å². The molecule has 0 aliphatic rings. The number of nitrogens with one attached hydrogen (secondary N) is 1. The Morgan fingerprint density at radius 3 is 2.68 bits per heavy atom. The molecular formula is C14H12BrClN2O. The fourth-order valence-electron chi connectivity index (χ4n) is 1.75. The van der Waals surface area contributed by atoms with Crippen molar-refractivity contribution in [1.29, 1.82) is 0 Å². The van der Waals surface area contributed by atoms with Crippen molar-refractivity contribution in [3.63, 3.8) is 0 Å². The fraction of sp³-hybridized carbons (Fsp3) is 0.0714. The molecule has 2 aromatic carbocycles. The molecule has 19 heavy (non-hydrogen) atoms.